The predicted octanol–water partition coefficient (Wildman–Crippen LogP) is 2.43. The van der Waals surface area contributed by atoms with Crippen LogP contribution >= 0.6 is 0 Å². The zero-order valence-electron chi connectivity index (χ0n) is 10.4. The summed E-state index contributed by atoms with van der Waals surface area (Å²) in [6.07, 6.45) is 2.65. The van der Waals surface area contributed by atoms with Gasteiger partial charge in [-0.2, -0.15) is 5.26 Å². The van der Waals surface area contributed by atoms with Crippen molar-refractivity contribution < 1.29 is 4.74 Å². The van der Waals surface area contributed by atoms with E-state index >= 15 is 0 Å². The Hall–Kier alpha value is -1.60. The summed E-state index contributed by atoms with van der Waals surface area (Å²) in [4.78, 5) is 4.11. The topological polar surface area (TPSA) is 57.9 Å². The molecule has 1 aromatic heterocycles. The van der Waals surface area contributed by atoms with Gasteiger partial charge in [0.15, 0.2) is 0 Å². The smallest absolute Gasteiger partial charge is 0.126 e. The molecule has 0 aliphatic rings. The molecule has 0 amide bonds. The highest BCUT2D eigenvalue weighted by atomic mass is 16.5. The molecule has 0 unspecified atom stereocenters. The van der Waals surface area contributed by atoms with Crippen LogP contribution < -0.4 is 5.32 Å². The molecule has 1 N–H and O–H groups in total. The van der Waals surface area contributed by atoms with Crippen LogP contribution in [0.3, 0.4) is 0 Å². The van der Waals surface area contributed by atoms with E-state index in [1.165, 1.54) is 0 Å². The normalized spacial score (nSPS) is 10.2. The molecule has 0 saturated heterocycles. The number of hydrogen-bond donors (Lipinski definition) is 1. The fourth-order valence-electron chi connectivity index (χ4n) is 1.24. The molecule has 1 rings (SSSR count). The van der Waals surface area contributed by atoms with Crippen molar-refractivity contribution in [2.75, 3.05) is 25.1 Å². The van der Waals surface area contributed by atoms with E-state index in [-0.39, 0.29) is 0 Å². The maximum absolute atomic E-state index is 8.62. The highest BCUT2D eigenvalue weighted by Crippen LogP contribution is 2.03. The van der Waals surface area contributed by atoms with Gasteiger partial charge in [0.05, 0.1) is 12.2 Å². The van der Waals surface area contributed by atoms with Crippen LogP contribution in [0.4, 0.5) is 5.82 Å². The number of hydrogen-bond acceptors (Lipinski definition) is 4. The molecule has 0 aromatic carbocycles. The zero-order valence-corrected chi connectivity index (χ0v) is 10.4. The van der Waals surface area contributed by atoms with Crippen LogP contribution in [0.25, 0.3) is 0 Å². The van der Waals surface area contributed by atoms with Crippen molar-refractivity contribution >= 4 is 5.82 Å². The molecule has 1 heterocycles. The minimum atomic E-state index is 0.573. The summed E-state index contributed by atoms with van der Waals surface area (Å²) in [5, 5.41) is 11.8. The van der Waals surface area contributed by atoms with Gasteiger partial charge >= 0.3 is 0 Å². The third kappa shape index (κ3) is 5.88. The Morgan fingerprint density at radius 2 is 2.24 bits per heavy atom. The molecule has 0 saturated carbocycles. The van der Waals surface area contributed by atoms with E-state index in [1.807, 2.05) is 6.07 Å². The van der Waals surface area contributed by atoms with Crippen molar-refractivity contribution in [3.63, 3.8) is 0 Å². The fraction of sp³-hybridized carbons (Fsp3) is 0.538. The monoisotopic (exact) mass is 233 g/mol. The van der Waals surface area contributed by atoms with Gasteiger partial charge in [-0.15, -0.1) is 0 Å². The third-order valence-electron chi connectivity index (χ3n) is 2.28. The van der Waals surface area contributed by atoms with Crippen LogP contribution in [0.15, 0.2) is 18.3 Å². The number of anilines is 1. The first-order valence-corrected chi connectivity index (χ1v) is 5.90. The summed E-state index contributed by atoms with van der Waals surface area (Å²) >= 11 is 0. The van der Waals surface area contributed by atoms with Gasteiger partial charge in [0.2, 0.25) is 0 Å². The zero-order chi connectivity index (χ0) is 12.5. The van der Waals surface area contributed by atoms with Crippen molar-refractivity contribution in [1.29, 1.82) is 5.26 Å². The van der Waals surface area contributed by atoms with E-state index in [9.17, 15) is 0 Å². The molecule has 1 aromatic rings. The van der Waals surface area contributed by atoms with Crippen molar-refractivity contribution in [2.24, 2.45) is 5.92 Å². The Balaban J connectivity index is 2.12. The first-order chi connectivity index (χ1) is 8.22. The van der Waals surface area contributed by atoms with E-state index in [4.69, 9.17) is 10.00 Å². The van der Waals surface area contributed by atoms with Crippen molar-refractivity contribution in [1.82, 2.24) is 4.98 Å². The molecular formula is C13H19N3O. The second kappa shape index (κ2) is 7.64. The van der Waals surface area contributed by atoms with E-state index < -0.39 is 0 Å². The van der Waals surface area contributed by atoms with E-state index in [0.717, 1.165) is 25.4 Å². The SMILES string of the molecule is CC(C)CCOCCNc1ccc(C#N)cn1. The number of pyridine rings is 1. The Labute approximate surface area is 103 Å². The molecule has 92 valence electrons. The molecule has 0 radical (unpaired) electrons. The summed E-state index contributed by atoms with van der Waals surface area (Å²) in [5.74, 6) is 1.46. The van der Waals surface area contributed by atoms with Crippen LogP contribution in [0.2, 0.25) is 0 Å². The number of rotatable bonds is 7. The van der Waals surface area contributed by atoms with Gasteiger partial charge in [0, 0.05) is 19.3 Å². The Bertz CT molecular complexity index is 354. The number of ether oxygens (including phenoxy) is 1. The lowest BCUT2D eigenvalue weighted by Crippen LogP contribution is -2.11. The molecule has 0 spiro atoms. The lowest BCUT2D eigenvalue weighted by atomic mass is 10.1. The number of nitrogens with zero attached hydrogens (tertiary/aromatic N) is 2. The Morgan fingerprint density at radius 3 is 2.82 bits per heavy atom. The molecule has 0 atom stereocenters. The van der Waals surface area contributed by atoms with Crippen LogP contribution in [-0.2, 0) is 4.74 Å². The van der Waals surface area contributed by atoms with Gasteiger partial charge < -0.3 is 10.1 Å². The molecule has 0 aliphatic carbocycles. The number of aromatic nitrogens is 1. The summed E-state index contributed by atoms with van der Waals surface area (Å²) in [7, 11) is 0. The average Bonchev–Trinajstić information content (AvgIpc) is 2.34. The molecule has 0 bridgehead atoms. The van der Waals surface area contributed by atoms with Gasteiger partial charge in [-0.1, -0.05) is 13.8 Å². The fourth-order valence-corrected chi connectivity index (χ4v) is 1.24. The van der Waals surface area contributed by atoms with Crippen molar-refractivity contribution in [3.8, 4) is 6.07 Å². The molecule has 0 fully saturated rings. The first-order valence-electron chi connectivity index (χ1n) is 5.90. The quantitative estimate of drug-likeness (QED) is 0.735. The third-order valence-corrected chi connectivity index (χ3v) is 2.28. The van der Waals surface area contributed by atoms with Crippen LogP contribution in [0, 0.1) is 17.2 Å². The lowest BCUT2D eigenvalue weighted by Gasteiger charge is -2.07. The van der Waals surface area contributed by atoms with Crippen LogP contribution in [0.5, 0.6) is 0 Å². The van der Waals surface area contributed by atoms with E-state index in [1.54, 1.807) is 18.3 Å². The second-order valence-corrected chi connectivity index (χ2v) is 4.27. The van der Waals surface area contributed by atoms with Crippen molar-refractivity contribution in [2.45, 2.75) is 20.3 Å². The summed E-state index contributed by atoms with van der Waals surface area (Å²) in [5.41, 5.74) is 0.573. The van der Waals surface area contributed by atoms with Gasteiger partial charge in [-0.25, -0.2) is 4.98 Å². The number of nitriles is 1. The van der Waals surface area contributed by atoms with Gasteiger partial charge in [0.25, 0.3) is 0 Å². The molecule has 0 aliphatic heterocycles. The lowest BCUT2D eigenvalue weighted by molar-refractivity contribution is 0.132. The maximum atomic E-state index is 8.62. The van der Waals surface area contributed by atoms with Crippen LogP contribution in [0.1, 0.15) is 25.8 Å². The Kier molecular flexibility index (Phi) is 6.05. The Morgan fingerprint density at radius 1 is 1.41 bits per heavy atom. The van der Waals surface area contributed by atoms with Gasteiger partial charge in [-0.05, 0) is 24.5 Å². The predicted molar refractivity (Wildman–Crippen MR) is 67.7 cm³/mol. The van der Waals surface area contributed by atoms with Crippen molar-refractivity contribution in [3.05, 3.63) is 23.9 Å². The molecule has 4 heteroatoms. The minimum absolute atomic E-state index is 0.573. The number of nitrogens with one attached hydrogen (secondary N) is 1. The highest BCUT2D eigenvalue weighted by molar-refractivity contribution is 5.38. The summed E-state index contributed by atoms with van der Waals surface area (Å²) in [6.45, 7) is 6.58. The molecule has 4 nitrogen and oxygen atoms in total. The maximum Gasteiger partial charge on any atom is 0.126 e. The van der Waals surface area contributed by atoms with E-state index in [2.05, 4.69) is 24.1 Å². The van der Waals surface area contributed by atoms with Gasteiger partial charge in [0.1, 0.15) is 11.9 Å². The molecular weight excluding hydrogens is 214 g/mol. The second-order valence-electron chi connectivity index (χ2n) is 4.27. The minimum Gasteiger partial charge on any atom is -0.380 e. The van der Waals surface area contributed by atoms with Gasteiger partial charge in [-0.3, -0.25) is 0 Å². The standard InChI is InChI=1S/C13H19N3O/c1-11(2)5-7-17-8-6-15-13-4-3-12(9-14)10-16-13/h3-4,10-11H,5-8H2,1-2H3,(H,15,16). The van der Waals surface area contributed by atoms with E-state index in [0.29, 0.717) is 18.1 Å². The highest BCUT2D eigenvalue weighted by Gasteiger charge is 1.96. The summed E-state index contributed by atoms with van der Waals surface area (Å²) in [6, 6.07) is 5.58. The summed E-state index contributed by atoms with van der Waals surface area (Å²) < 4.78 is 5.47. The largest absolute Gasteiger partial charge is 0.380 e. The van der Waals surface area contributed by atoms with Crippen LogP contribution in [-0.4, -0.2) is 24.7 Å². The molecule has 17 heavy (non-hydrogen) atoms. The first kappa shape index (κ1) is 13.5. The average molecular weight is 233 g/mol.